The Labute approximate surface area is 141 Å². The second-order valence-corrected chi connectivity index (χ2v) is 6.28. The van der Waals surface area contributed by atoms with E-state index in [2.05, 4.69) is 5.32 Å². The standard InChI is InChI=1S/C17H23N3O4/c1-12(2)20(13-8-6-5-7-9-13)14(21)10-19-15(22)17(3,11-24-4)18-16(19)23/h5-9,12H,10-11H2,1-4H3,(H,18,23)/t17-/m1/s1. The van der Waals surface area contributed by atoms with Gasteiger partial charge >= 0.3 is 6.03 Å². The molecule has 1 N–H and O–H groups in total. The number of nitrogens with one attached hydrogen (secondary N) is 1. The van der Waals surface area contributed by atoms with Crippen LogP contribution < -0.4 is 10.2 Å². The van der Waals surface area contributed by atoms with Crippen LogP contribution in [-0.2, 0) is 14.3 Å². The van der Waals surface area contributed by atoms with Gasteiger partial charge in [-0.15, -0.1) is 0 Å². The van der Waals surface area contributed by atoms with E-state index in [0.29, 0.717) is 0 Å². The van der Waals surface area contributed by atoms with Crippen molar-refractivity contribution in [3.63, 3.8) is 0 Å². The average molecular weight is 333 g/mol. The molecule has 7 nitrogen and oxygen atoms in total. The van der Waals surface area contributed by atoms with Crippen LogP contribution in [0.3, 0.4) is 0 Å². The van der Waals surface area contributed by atoms with Gasteiger partial charge in [0.05, 0.1) is 6.61 Å². The molecule has 1 aliphatic heterocycles. The first kappa shape index (κ1) is 17.9. The van der Waals surface area contributed by atoms with E-state index in [0.717, 1.165) is 10.6 Å². The number of hydrogen-bond acceptors (Lipinski definition) is 4. The van der Waals surface area contributed by atoms with Crippen LogP contribution in [0.2, 0.25) is 0 Å². The molecule has 130 valence electrons. The van der Waals surface area contributed by atoms with Gasteiger partial charge in [0.15, 0.2) is 0 Å². The van der Waals surface area contributed by atoms with Crippen LogP contribution in [0.25, 0.3) is 0 Å². The van der Waals surface area contributed by atoms with E-state index in [9.17, 15) is 14.4 Å². The van der Waals surface area contributed by atoms with Crippen molar-refractivity contribution in [3.8, 4) is 0 Å². The van der Waals surface area contributed by atoms with Gasteiger partial charge < -0.3 is 15.0 Å². The molecule has 1 aromatic carbocycles. The maximum atomic E-state index is 12.7. The Balaban J connectivity index is 2.19. The van der Waals surface area contributed by atoms with E-state index in [1.165, 1.54) is 7.11 Å². The number of urea groups is 1. The van der Waals surface area contributed by atoms with Gasteiger partial charge in [-0.1, -0.05) is 18.2 Å². The number of ether oxygens (including phenoxy) is 1. The van der Waals surface area contributed by atoms with Crippen molar-refractivity contribution in [1.82, 2.24) is 10.2 Å². The van der Waals surface area contributed by atoms with Crippen molar-refractivity contribution < 1.29 is 19.1 Å². The summed E-state index contributed by atoms with van der Waals surface area (Å²) in [6.45, 7) is 5.09. The monoisotopic (exact) mass is 333 g/mol. The topological polar surface area (TPSA) is 79.0 Å². The predicted molar refractivity (Wildman–Crippen MR) is 89.6 cm³/mol. The summed E-state index contributed by atoms with van der Waals surface area (Å²) in [7, 11) is 1.45. The fourth-order valence-corrected chi connectivity index (χ4v) is 2.81. The third-order valence-electron chi connectivity index (χ3n) is 3.89. The van der Waals surface area contributed by atoms with Crippen LogP contribution in [0.1, 0.15) is 20.8 Å². The lowest BCUT2D eigenvalue weighted by molar-refractivity contribution is -0.135. The number of carbonyl (C=O) groups excluding carboxylic acids is 3. The molecule has 4 amide bonds. The zero-order valence-electron chi connectivity index (χ0n) is 14.4. The van der Waals surface area contributed by atoms with Crippen molar-refractivity contribution in [1.29, 1.82) is 0 Å². The number of hydrogen-bond donors (Lipinski definition) is 1. The minimum absolute atomic E-state index is 0.0504. The smallest absolute Gasteiger partial charge is 0.325 e. The zero-order valence-corrected chi connectivity index (χ0v) is 14.4. The molecule has 1 aromatic rings. The Bertz CT molecular complexity index is 632. The fourth-order valence-electron chi connectivity index (χ4n) is 2.81. The molecule has 0 bridgehead atoms. The van der Waals surface area contributed by atoms with Crippen molar-refractivity contribution in [2.24, 2.45) is 0 Å². The minimum Gasteiger partial charge on any atom is -0.382 e. The van der Waals surface area contributed by atoms with Crippen LogP contribution in [0, 0.1) is 0 Å². The van der Waals surface area contributed by atoms with Gasteiger partial charge in [0, 0.05) is 18.8 Å². The fraction of sp³-hybridized carbons (Fsp3) is 0.471. The predicted octanol–water partition coefficient (Wildman–Crippen LogP) is 1.38. The average Bonchev–Trinajstić information content (AvgIpc) is 2.72. The van der Waals surface area contributed by atoms with Gasteiger partial charge in [0.1, 0.15) is 12.1 Å². The lowest BCUT2D eigenvalue weighted by Crippen LogP contribution is -2.49. The molecule has 0 radical (unpaired) electrons. The zero-order chi connectivity index (χ0) is 17.9. The van der Waals surface area contributed by atoms with E-state index < -0.39 is 17.5 Å². The van der Waals surface area contributed by atoms with Crippen LogP contribution in [0.4, 0.5) is 10.5 Å². The molecule has 0 aliphatic carbocycles. The summed E-state index contributed by atoms with van der Waals surface area (Å²) in [4.78, 5) is 39.8. The number of nitrogens with zero attached hydrogens (tertiary/aromatic N) is 2. The maximum absolute atomic E-state index is 12.7. The summed E-state index contributed by atoms with van der Waals surface area (Å²) in [5, 5.41) is 2.59. The van der Waals surface area contributed by atoms with E-state index in [-0.39, 0.29) is 25.1 Å². The number of amides is 4. The normalized spacial score (nSPS) is 20.5. The number of rotatable bonds is 6. The highest BCUT2D eigenvalue weighted by molar-refractivity contribution is 6.10. The van der Waals surface area contributed by atoms with Crippen molar-refractivity contribution in [3.05, 3.63) is 30.3 Å². The first-order valence-corrected chi connectivity index (χ1v) is 7.80. The molecule has 1 fully saturated rings. The summed E-state index contributed by atoms with van der Waals surface area (Å²) in [6.07, 6.45) is 0. The second-order valence-electron chi connectivity index (χ2n) is 6.28. The third kappa shape index (κ3) is 3.41. The first-order chi connectivity index (χ1) is 11.3. The number of benzene rings is 1. The first-order valence-electron chi connectivity index (χ1n) is 7.80. The number of imide groups is 1. The van der Waals surface area contributed by atoms with E-state index in [1.54, 1.807) is 11.8 Å². The molecular formula is C17H23N3O4. The largest absolute Gasteiger partial charge is 0.382 e. The van der Waals surface area contributed by atoms with Gasteiger partial charge in [-0.3, -0.25) is 14.5 Å². The summed E-state index contributed by atoms with van der Waals surface area (Å²) in [5.74, 6) is -0.777. The van der Waals surface area contributed by atoms with Gasteiger partial charge in [-0.25, -0.2) is 4.79 Å². The molecule has 7 heteroatoms. The highest BCUT2D eigenvalue weighted by Crippen LogP contribution is 2.21. The molecule has 0 aromatic heterocycles. The van der Waals surface area contributed by atoms with E-state index in [4.69, 9.17) is 4.74 Å². The van der Waals surface area contributed by atoms with Gasteiger partial charge in [0.2, 0.25) is 5.91 Å². The van der Waals surface area contributed by atoms with Crippen LogP contribution in [-0.4, -0.2) is 54.6 Å². The quantitative estimate of drug-likeness (QED) is 0.798. The molecular weight excluding hydrogens is 310 g/mol. The third-order valence-corrected chi connectivity index (χ3v) is 3.89. The molecule has 0 spiro atoms. The van der Waals surface area contributed by atoms with Crippen molar-refractivity contribution >= 4 is 23.5 Å². The van der Waals surface area contributed by atoms with Crippen LogP contribution in [0.15, 0.2) is 30.3 Å². The highest BCUT2D eigenvalue weighted by Gasteiger charge is 2.48. The molecule has 0 saturated carbocycles. The lowest BCUT2D eigenvalue weighted by atomic mass is 10.0. The van der Waals surface area contributed by atoms with Crippen molar-refractivity contribution in [2.75, 3.05) is 25.2 Å². The van der Waals surface area contributed by atoms with Gasteiger partial charge in [-0.2, -0.15) is 0 Å². The highest BCUT2D eigenvalue weighted by atomic mass is 16.5. The van der Waals surface area contributed by atoms with Crippen LogP contribution in [0.5, 0.6) is 0 Å². The summed E-state index contributed by atoms with van der Waals surface area (Å²) < 4.78 is 5.00. The Morgan fingerprint density at radius 1 is 1.29 bits per heavy atom. The SMILES string of the molecule is COC[C@@]1(C)NC(=O)N(CC(=O)N(c2ccccc2)C(C)C)C1=O. The van der Waals surface area contributed by atoms with Gasteiger partial charge in [0.25, 0.3) is 5.91 Å². The van der Waals surface area contributed by atoms with E-state index >= 15 is 0 Å². The van der Waals surface area contributed by atoms with E-state index in [1.807, 2.05) is 44.2 Å². The molecule has 1 heterocycles. The molecule has 1 aliphatic rings. The minimum atomic E-state index is -1.14. The molecule has 1 saturated heterocycles. The van der Waals surface area contributed by atoms with Gasteiger partial charge in [-0.05, 0) is 32.9 Å². The Hall–Kier alpha value is -2.41. The summed E-state index contributed by atoms with van der Waals surface area (Å²) in [6, 6.07) is 8.48. The number of para-hydroxylation sites is 1. The lowest BCUT2D eigenvalue weighted by Gasteiger charge is -2.28. The maximum Gasteiger partial charge on any atom is 0.325 e. The summed E-state index contributed by atoms with van der Waals surface area (Å²) in [5.41, 5.74) is -0.411. The Morgan fingerprint density at radius 2 is 1.92 bits per heavy atom. The molecule has 1 atom stereocenters. The van der Waals surface area contributed by atoms with Crippen molar-refractivity contribution in [2.45, 2.75) is 32.4 Å². The summed E-state index contributed by atoms with van der Waals surface area (Å²) >= 11 is 0. The number of anilines is 1. The molecule has 0 unspecified atom stereocenters. The second kappa shape index (κ2) is 7.00. The molecule has 24 heavy (non-hydrogen) atoms. The Kier molecular flexibility index (Phi) is 5.23. The Morgan fingerprint density at radius 3 is 2.46 bits per heavy atom. The molecule has 2 rings (SSSR count). The number of methoxy groups -OCH3 is 1. The van der Waals surface area contributed by atoms with Crippen LogP contribution >= 0.6 is 0 Å². The number of carbonyl (C=O) groups is 3.